The number of ether oxygens (including phenoxy) is 1. The van der Waals surface area contributed by atoms with Gasteiger partial charge in [-0.2, -0.15) is 12.6 Å². The Kier molecular flexibility index (Phi) is 9.08. The van der Waals surface area contributed by atoms with Crippen LogP contribution >= 0.6 is 12.6 Å². The van der Waals surface area contributed by atoms with Gasteiger partial charge in [0.2, 0.25) is 5.91 Å². The number of nitrogens with zero attached hydrogens (tertiary/aromatic N) is 1. The van der Waals surface area contributed by atoms with Crippen molar-refractivity contribution in [3.05, 3.63) is 77.4 Å². The molecule has 3 amide bonds. The second kappa shape index (κ2) is 12.3. The largest absolute Gasteiger partial charge is 0.444 e. The van der Waals surface area contributed by atoms with E-state index in [9.17, 15) is 14.4 Å². The summed E-state index contributed by atoms with van der Waals surface area (Å²) < 4.78 is 5.40. The molecule has 1 saturated carbocycles. The smallest absolute Gasteiger partial charge is 0.408 e. The highest BCUT2D eigenvalue weighted by Crippen LogP contribution is 2.35. The van der Waals surface area contributed by atoms with Gasteiger partial charge in [0.15, 0.2) is 0 Å². The van der Waals surface area contributed by atoms with E-state index >= 15 is 0 Å². The minimum atomic E-state index is -0.958. The Hall–Kier alpha value is -3.52. The van der Waals surface area contributed by atoms with Crippen LogP contribution in [0.2, 0.25) is 0 Å². The third-order valence-corrected chi connectivity index (χ3v) is 7.36. The van der Waals surface area contributed by atoms with Crippen molar-refractivity contribution < 1.29 is 19.1 Å². The number of alkyl carbamates (subject to hydrolysis) is 1. The summed E-state index contributed by atoms with van der Waals surface area (Å²) >= 11 is 4.39. The van der Waals surface area contributed by atoms with Crippen LogP contribution in [-0.4, -0.2) is 46.2 Å². The summed E-state index contributed by atoms with van der Waals surface area (Å²) in [5.74, 6) is -0.605. The Labute approximate surface area is 242 Å². The van der Waals surface area contributed by atoms with Crippen molar-refractivity contribution >= 4 is 47.0 Å². The lowest BCUT2D eigenvalue weighted by Crippen LogP contribution is -2.57. The molecule has 3 aromatic rings. The number of carbonyl (C=O) groups is 3. The molecular formula is C32H39N3O4S. The maximum atomic E-state index is 14.2. The Balaban J connectivity index is 1.71. The molecule has 212 valence electrons. The highest BCUT2D eigenvalue weighted by Gasteiger charge is 2.42. The van der Waals surface area contributed by atoms with E-state index < -0.39 is 23.8 Å². The zero-order valence-corrected chi connectivity index (χ0v) is 24.8. The normalized spacial score (nSPS) is 15.1. The second-order valence-electron chi connectivity index (χ2n) is 11.6. The summed E-state index contributed by atoms with van der Waals surface area (Å²) in [7, 11) is 0. The number of nitrogens with one attached hydrogen (secondary N) is 2. The number of fused-ring (bicyclic) bond motifs is 1. The molecular weight excluding hydrogens is 522 g/mol. The first kappa shape index (κ1) is 29.5. The summed E-state index contributed by atoms with van der Waals surface area (Å²) in [6, 6.07) is 17.7. The predicted octanol–water partition coefficient (Wildman–Crippen LogP) is 6.34. The lowest BCUT2D eigenvalue weighted by Gasteiger charge is -2.43. The number of thiol groups is 1. The quantitative estimate of drug-likeness (QED) is 0.280. The molecule has 2 atom stereocenters. The lowest BCUT2D eigenvalue weighted by atomic mass is 9.87. The van der Waals surface area contributed by atoms with Gasteiger partial charge < -0.3 is 20.3 Å². The summed E-state index contributed by atoms with van der Waals surface area (Å²) in [6.07, 6.45) is 1.83. The average molecular weight is 562 g/mol. The molecule has 7 nitrogen and oxygen atoms in total. The van der Waals surface area contributed by atoms with E-state index in [1.54, 1.807) is 25.7 Å². The minimum absolute atomic E-state index is 0.0627. The molecule has 2 N–H and O–H groups in total. The van der Waals surface area contributed by atoms with Crippen LogP contribution in [0.15, 0.2) is 60.7 Å². The number of carbonyl (C=O) groups excluding carboxylic acids is 3. The van der Waals surface area contributed by atoms with Crippen molar-refractivity contribution in [2.24, 2.45) is 0 Å². The molecule has 4 rings (SSSR count). The van der Waals surface area contributed by atoms with E-state index in [1.165, 1.54) is 0 Å². The predicted molar refractivity (Wildman–Crippen MR) is 163 cm³/mol. The van der Waals surface area contributed by atoms with E-state index in [2.05, 4.69) is 23.3 Å². The number of amides is 3. The van der Waals surface area contributed by atoms with Crippen LogP contribution in [0.1, 0.15) is 62.8 Å². The van der Waals surface area contributed by atoms with Crippen LogP contribution in [0, 0.1) is 13.8 Å². The van der Waals surface area contributed by atoms with Crippen LogP contribution in [0.25, 0.3) is 10.8 Å². The number of benzene rings is 3. The molecule has 0 radical (unpaired) electrons. The van der Waals surface area contributed by atoms with Gasteiger partial charge in [-0.3, -0.25) is 9.59 Å². The molecule has 1 aliphatic carbocycles. The fourth-order valence-corrected chi connectivity index (χ4v) is 5.33. The van der Waals surface area contributed by atoms with Gasteiger partial charge in [0.1, 0.15) is 17.7 Å². The van der Waals surface area contributed by atoms with Gasteiger partial charge in [0, 0.05) is 17.5 Å². The van der Waals surface area contributed by atoms with Crippen molar-refractivity contribution in [1.82, 2.24) is 10.2 Å². The van der Waals surface area contributed by atoms with E-state index in [1.807, 2.05) is 74.5 Å². The summed E-state index contributed by atoms with van der Waals surface area (Å²) in [5, 5.41) is 7.84. The van der Waals surface area contributed by atoms with Crippen LogP contribution in [0.5, 0.6) is 0 Å². The highest BCUT2D eigenvalue weighted by molar-refractivity contribution is 7.80. The topological polar surface area (TPSA) is 87.7 Å². The van der Waals surface area contributed by atoms with Gasteiger partial charge in [-0.1, -0.05) is 59.7 Å². The zero-order chi connectivity index (χ0) is 29.0. The van der Waals surface area contributed by atoms with Gasteiger partial charge in [-0.15, -0.1) is 0 Å². The minimum Gasteiger partial charge on any atom is -0.444 e. The van der Waals surface area contributed by atoms with Crippen molar-refractivity contribution in [2.75, 3.05) is 11.1 Å². The molecule has 3 aromatic carbocycles. The van der Waals surface area contributed by atoms with Gasteiger partial charge in [0.05, 0.1) is 0 Å². The van der Waals surface area contributed by atoms with Crippen molar-refractivity contribution in [3.8, 4) is 0 Å². The molecule has 2 unspecified atom stereocenters. The number of aryl methyl sites for hydroxylation is 2. The maximum absolute atomic E-state index is 14.2. The Morgan fingerprint density at radius 2 is 1.62 bits per heavy atom. The highest BCUT2D eigenvalue weighted by atomic mass is 32.1. The van der Waals surface area contributed by atoms with Crippen molar-refractivity contribution in [1.29, 1.82) is 0 Å². The molecule has 1 fully saturated rings. The summed E-state index contributed by atoms with van der Waals surface area (Å²) in [4.78, 5) is 42.6. The first-order valence-electron chi connectivity index (χ1n) is 13.8. The molecule has 0 saturated heterocycles. The van der Waals surface area contributed by atoms with Crippen LogP contribution in [0.4, 0.5) is 10.5 Å². The molecule has 0 aliphatic heterocycles. The molecule has 1 aliphatic rings. The van der Waals surface area contributed by atoms with Crippen LogP contribution < -0.4 is 10.6 Å². The number of hydrogen-bond acceptors (Lipinski definition) is 5. The Morgan fingerprint density at radius 1 is 0.975 bits per heavy atom. The average Bonchev–Trinajstić information content (AvgIpc) is 2.83. The molecule has 0 bridgehead atoms. The van der Waals surface area contributed by atoms with E-state index in [0.717, 1.165) is 46.7 Å². The molecule has 8 heteroatoms. The Morgan fingerprint density at radius 3 is 2.20 bits per heavy atom. The third kappa shape index (κ3) is 7.16. The van der Waals surface area contributed by atoms with E-state index in [0.29, 0.717) is 5.69 Å². The lowest BCUT2D eigenvalue weighted by molar-refractivity contribution is -0.145. The SMILES string of the molecule is Cc1cc(C)cc(C(C(=O)Nc2ccc3ccccc3c2)N(C(=O)C(CS)NC(=O)OC(C)(C)C)C2CCC2)c1. The fraction of sp³-hybridized carbons (Fsp3) is 0.406. The zero-order valence-electron chi connectivity index (χ0n) is 23.9. The van der Waals surface area contributed by atoms with Gasteiger partial charge in [-0.05, 0) is 82.3 Å². The first-order valence-corrected chi connectivity index (χ1v) is 14.4. The maximum Gasteiger partial charge on any atom is 0.408 e. The monoisotopic (exact) mass is 561 g/mol. The van der Waals surface area contributed by atoms with Gasteiger partial charge in [-0.25, -0.2) is 4.79 Å². The molecule has 0 heterocycles. The first-order chi connectivity index (χ1) is 18.9. The second-order valence-corrected chi connectivity index (χ2v) is 12.0. The van der Waals surface area contributed by atoms with Gasteiger partial charge >= 0.3 is 6.09 Å². The number of rotatable bonds is 8. The number of anilines is 1. The van der Waals surface area contributed by atoms with Crippen molar-refractivity contribution in [3.63, 3.8) is 0 Å². The fourth-order valence-electron chi connectivity index (χ4n) is 5.08. The Bertz CT molecular complexity index is 1380. The van der Waals surface area contributed by atoms with E-state index in [-0.39, 0.29) is 23.6 Å². The standard InChI is InChI=1S/C32H39N3O4S/c1-20-15-21(2)17-24(16-20)28(29(36)33-25-14-13-22-9-6-7-10-23(22)18-25)35(26-11-8-12-26)30(37)27(19-40)34-31(38)39-32(3,4)5/h6-7,9-10,13-18,26-28,40H,8,11-12,19H2,1-5H3,(H,33,36)(H,34,38). The molecule has 40 heavy (non-hydrogen) atoms. The van der Waals surface area contributed by atoms with Crippen LogP contribution in [0.3, 0.4) is 0 Å². The molecule has 0 spiro atoms. The molecule has 0 aromatic heterocycles. The van der Waals surface area contributed by atoms with Gasteiger partial charge in [0.25, 0.3) is 5.91 Å². The summed E-state index contributed by atoms with van der Waals surface area (Å²) in [5.41, 5.74) is 2.65. The summed E-state index contributed by atoms with van der Waals surface area (Å²) in [6.45, 7) is 9.24. The number of hydrogen-bond donors (Lipinski definition) is 3. The third-order valence-electron chi connectivity index (χ3n) is 7.00. The van der Waals surface area contributed by atoms with Crippen LogP contribution in [-0.2, 0) is 14.3 Å². The van der Waals surface area contributed by atoms with E-state index in [4.69, 9.17) is 4.74 Å². The van der Waals surface area contributed by atoms with Crippen molar-refractivity contribution in [2.45, 2.75) is 77.6 Å².